The smallest absolute Gasteiger partial charge is 0.130 e. The van der Waals surface area contributed by atoms with Gasteiger partial charge in [-0.25, -0.2) is 0 Å². The summed E-state index contributed by atoms with van der Waals surface area (Å²) >= 11 is 6.12. The first kappa shape index (κ1) is 12.8. The van der Waals surface area contributed by atoms with Crippen LogP contribution in [-0.4, -0.2) is 20.2 Å². The lowest BCUT2D eigenvalue weighted by Crippen LogP contribution is -2.01. The number of aromatic nitrogens is 4. The molecular formula is C15H13ClN4. The second-order valence-electron chi connectivity index (χ2n) is 4.66. The second kappa shape index (κ2) is 5.06. The number of benzene rings is 2. The van der Waals surface area contributed by atoms with Gasteiger partial charge >= 0.3 is 0 Å². The number of hydrogen-bond donors (Lipinski definition) is 0. The Hall–Kier alpha value is -2.20. The van der Waals surface area contributed by atoms with E-state index in [1.807, 2.05) is 56.3 Å². The molecule has 0 spiro atoms. The Kier molecular flexibility index (Phi) is 3.24. The van der Waals surface area contributed by atoms with Gasteiger partial charge in [-0.15, -0.1) is 15.0 Å². The maximum atomic E-state index is 6.12. The molecule has 0 bridgehead atoms. The van der Waals surface area contributed by atoms with Gasteiger partial charge in [0.15, 0.2) is 0 Å². The van der Waals surface area contributed by atoms with Crippen LogP contribution in [0, 0.1) is 13.8 Å². The fraction of sp³-hybridized carbons (Fsp3) is 0.133. The average molecular weight is 285 g/mol. The molecule has 2 aromatic carbocycles. The van der Waals surface area contributed by atoms with Crippen molar-refractivity contribution < 1.29 is 0 Å². The lowest BCUT2D eigenvalue weighted by molar-refractivity contribution is 0.716. The van der Waals surface area contributed by atoms with E-state index in [-0.39, 0.29) is 0 Å². The fourth-order valence-electron chi connectivity index (χ4n) is 2.03. The van der Waals surface area contributed by atoms with Crippen LogP contribution < -0.4 is 0 Å². The van der Waals surface area contributed by atoms with E-state index in [9.17, 15) is 0 Å². The van der Waals surface area contributed by atoms with Gasteiger partial charge in [0.05, 0.1) is 5.69 Å². The Morgan fingerprint density at radius 1 is 1.05 bits per heavy atom. The third kappa shape index (κ3) is 2.30. The highest BCUT2D eigenvalue weighted by molar-refractivity contribution is 6.31. The maximum Gasteiger partial charge on any atom is 0.205 e. The Morgan fingerprint density at radius 3 is 2.65 bits per heavy atom. The molecule has 0 saturated heterocycles. The fourth-order valence-corrected chi connectivity index (χ4v) is 2.20. The highest BCUT2D eigenvalue weighted by atomic mass is 35.5. The number of nitrogens with zero attached hydrogens (tertiary/aromatic N) is 4. The minimum atomic E-state index is 0.605. The van der Waals surface area contributed by atoms with Crippen LogP contribution in [-0.2, 0) is 0 Å². The lowest BCUT2D eigenvalue weighted by atomic mass is 10.1. The highest BCUT2D eigenvalue weighted by Crippen LogP contribution is 2.22. The first-order chi connectivity index (χ1) is 9.65. The molecule has 0 unspecified atom stereocenters. The third-order valence-corrected chi connectivity index (χ3v) is 3.55. The van der Waals surface area contributed by atoms with Gasteiger partial charge in [-0.1, -0.05) is 41.4 Å². The zero-order valence-corrected chi connectivity index (χ0v) is 12.0. The van der Waals surface area contributed by atoms with Gasteiger partial charge in [0.25, 0.3) is 0 Å². The summed E-state index contributed by atoms with van der Waals surface area (Å²) in [7, 11) is 0. The molecule has 100 valence electrons. The first-order valence-electron chi connectivity index (χ1n) is 6.28. The highest BCUT2D eigenvalue weighted by Gasteiger charge is 2.10. The number of halogens is 1. The van der Waals surface area contributed by atoms with E-state index in [1.165, 1.54) is 4.80 Å². The van der Waals surface area contributed by atoms with Gasteiger partial charge < -0.3 is 0 Å². The quantitative estimate of drug-likeness (QED) is 0.722. The summed E-state index contributed by atoms with van der Waals surface area (Å²) in [5.41, 5.74) is 3.89. The monoisotopic (exact) mass is 284 g/mol. The SMILES string of the molecule is Cc1cccc(-c2nnn(-c3cccc(Cl)c3C)n2)c1. The molecule has 0 aliphatic heterocycles. The lowest BCUT2D eigenvalue weighted by Gasteiger charge is -2.04. The van der Waals surface area contributed by atoms with E-state index in [0.29, 0.717) is 10.8 Å². The van der Waals surface area contributed by atoms with E-state index < -0.39 is 0 Å². The van der Waals surface area contributed by atoms with Crippen molar-refractivity contribution in [1.29, 1.82) is 0 Å². The van der Waals surface area contributed by atoms with Crippen LogP contribution in [0.5, 0.6) is 0 Å². The van der Waals surface area contributed by atoms with Crippen molar-refractivity contribution in [2.75, 3.05) is 0 Å². The molecule has 1 aromatic heterocycles. The predicted molar refractivity (Wildman–Crippen MR) is 79.1 cm³/mol. The van der Waals surface area contributed by atoms with Crippen molar-refractivity contribution in [3.63, 3.8) is 0 Å². The molecule has 0 amide bonds. The largest absolute Gasteiger partial charge is 0.205 e. The molecule has 0 saturated carbocycles. The molecule has 5 heteroatoms. The topological polar surface area (TPSA) is 43.6 Å². The first-order valence-corrected chi connectivity index (χ1v) is 6.65. The van der Waals surface area contributed by atoms with E-state index in [1.54, 1.807) is 0 Å². The van der Waals surface area contributed by atoms with Crippen LogP contribution in [0.1, 0.15) is 11.1 Å². The molecular weight excluding hydrogens is 272 g/mol. The number of tetrazole rings is 1. The Bertz CT molecular complexity index is 764. The summed E-state index contributed by atoms with van der Waals surface area (Å²) in [6.07, 6.45) is 0. The molecule has 0 aliphatic carbocycles. The molecule has 0 radical (unpaired) electrons. The number of hydrogen-bond acceptors (Lipinski definition) is 3. The van der Waals surface area contributed by atoms with Gasteiger partial charge in [-0.2, -0.15) is 0 Å². The summed E-state index contributed by atoms with van der Waals surface area (Å²) in [6, 6.07) is 13.7. The minimum absolute atomic E-state index is 0.605. The average Bonchev–Trinajstić information content (AvgIpc) is 2.91. The molecule has 0 aliphatic rings. The molecule has 20 heavy (non-hydrogen) atoms. The van der Waals surface area contributed by atoms with Crippen LogP contribution in [0.3, 0.4) is 0 Å². The second-order valence-corrected chi connectivity index (χ2v) is 5.06. The van der Waals surface area contributed by atoms with E-state index in [4.69, 9.17) is 11.6 Å². The van der Waals surface area contributed by atoms with Gasteiger partial charge in [-0.05, 0) is 42.8 Å². The predicted octanol–water partition coefficient (Wildman–Crippen LogP) is 3.60. The zero-order chi connectivity index (χ0) is 14.1. The minimum Gasteiger partial charge on any atom is -0.130 e. The molecule has 4 nitrogen and oxygen atoms in total. The Labute approximate surface area is 122 Å². The third-order valence-electron chi connectivity index (χ3n) is 3.14. The normalized spacial score (nSPS) is 10.8. The Morgan fingerprint density at radius 2 is 1.85 bits per heavy atom. The van der Waals surface area contributed by atoms with Gasteiger partial charge in [0.1, 0.15) is 0 Å². The van der Waals surface area contributed by atoms with Crippen molar-refractivity contribution >= 4 is 11.6 Å². The van der Waals surface area contributed by atoms with Gasteiger partial charge in [-0.3, -0.25) is 0 Å². The van der Waals surface area contributed by atoms with E-state index >= 15 is 0 Å². The van der Waals surface area contributed by atoms with Gasteiger partial charge in [0, 0.05) is 10.6 Å². The van der Waals surface area contributed by atoms with Crippen molar-refractivity contribution in [2.45, 2.75) is 13.8 Å². The van der Waals surface area contributed by atoms with Gasteiger partial charge in [0.2, 0.25) is 5.82 Å². The van der Waals surface area contributed by atoms with Crippen molar-refractivity contribution in [1.82, 2.24) is 20.2 Å². The zero-order valence-electron chi connectivity index (χ0n) is 11.2. The summed E-state index contributed by atoms with van der Waals surface area (Å²) < 4.78 is 0. The Balaban J connectivity index is 2.04. The summed E-state index contributed by atoms with van der Waals surface area (Å²) in [5, 5.41) is 13.3. The summed E-state index contributed by atoms with van der Waals surface area (Å²) in [4.78, 5) is 1.51. The van der Waals surface area contributed by atoms with Crippen molar-refractivity contribution in [2.24, 2.45) is 0 Å². The summed E-state index contributed by atoms with van der Waals surface area (Å²) in [6.45, 7) is 3.97. The molecule has 1 heterocycles. The van der Waals surface area contributed by atoms with Crippen LogP contribution in [0.25, 0.3) is 17.1 Å². The van der Waals surface area contributed by atoms with Crippen LogP contribution in [0.2, 0.25) is 5.02 Å². The van der Waals surface area contributed by atoms with E-state index in [2.05, 4.69) is 15.4 Å². The molecule has 0 fully saturated rings. The maximum absolute atomic E-state index is 6.12. The summed E-state index contributed by atoms with van der Waals surface area (Å²) in [5.74, 6) is 0.605. The van der Waals surface area contributed by atoms with Crippen LogP contribution in [0.15, 0.2) is 42.5 Å². The molecule has 3 aromatic rings. The van der Waals surface area contributed by atoms with Crippen molar-refractivity contribution in [3.05, 3.63) is 58.6 Å². The van der Waals surface area contributed by atoms with Crippen LogP contribution in [0.4, 0.5) is 0 Å². The standard InChI is InChI=1S/C15H13ClN4/c1-10-5-3-6-12(9-10)15-17-19-20(18-15)14-8-4-7-13(16)11(14)2/h3-9H,1-2H3. The number of rotatable bonds is 2. The molecule has 3 rings (SSSR count). The van der Waals surface area contributed by atoms with Crippen molar-refractivity contribution in [3.8, 4) is 17.1 Å². The van der Waals surface area contributed by atoms with Crippen LogP contribution >= 0.6 is 11.6 Å². The van der Waals surface area contributed by atoms with E-state index in [0.717, 1.165) is 22.4 Å². The number of aryl methyl sites for hydroxylation is 1. The molecule has 0 atom stereocenters. The molecule has 0 N–H and O–H groups in total.